The van der Waals surface area contributed by atoms with Gasteiger partial charge >= 0.3 is 0 Å². The van der Waals surface area contributed by atoms with Crippen molar-refractivity contribution in [3.8, 4) is 73.9 Å². The van der Waals surface area contributed by atoms with E-state index >= 15 is 0 Å². The quantitative estimate of drug-likeness (QED) is 0.160. The van der Waals surface area contributed by atoms with Gasteiger partial charge in [-0.1, -0.05) is 162 Å². The molecule has 0 atom stereocenters. The van der Waals surface area contributed by atoms with Crippen LogP contribution in [0.4, 0.5) is 0 Å². The predicted molar refractivity (Wildman–Crippen MR) is 303 cm³/mol. The van der Waals surface area contributed by atoms with Gasteiger partial charge in [0.2, 0.25) is 0 Å². The van der Waals surface area contributed by atoms with Gasteiger partial charge in [-0.15, -0.1) is 0 Å². The van der Waals surface area contributed by atoms with Crippen LogP contribution in [0.25, 0.3) is 111 Å². The highest BCUT2D eigenvalue weighted by molar-refractivity contribution is 6.12. The number of fused-ring (bicyclic) bond motifs is 6. The van der Waals surface area contributed by atoms with Crippen molar-refractivity contribution in [1.82, 2.24) is 24.1 Å². The molecular weight excluding hydrogens is 889 g/mol. The van der Waals surface area contributed by atoms with Crippen LogP contribution in [0, 0.1) is 18.3 Å². The molecule has 0 amide bonds. The molecule has 0 spiro atoms. The minimum atomic E-state index is -0.0439. The van der Waals surface area contributed by atoms with Crippen molar-refractivity contribution in [2.24, 2.45) is 0 Å². The SMILES string of the molecule is Cc1ccc2c(c1)c1cc(C(C)(C)C)ccc1n2-c1ccc(-c2nc(-c3ccccc3)nc(-c3ccccc3)n2)cc1-c1cc(-c2ccc(C#N)cc2)ccc1-n1c2ccccc2c2cc(C(C)(C)C)ccc21. The number of aromatic nitrogens is 5. The fourth-order valence-corrected chi connectivity index (χ4v) is 10.4. The lowest BCUT2D eigenvalue weighted by Crippen LogP contribution is -2.10. The van der Waals surface area contributed by atoms with Crippen LogP contribution in [0.15, 0.2) is 200 Å². The highest BCUT2D eigenvalue weighted by Crippen LogP contribution is 2.45. The Labute approximate surface area is 426 Å². The fourth-order valence-electron chi connectivity index (χ4n) is 10.4. The van der Waals surface area contributed by atoms with Gasteiger partial charge in [-0.2, -0.15) is 5.26 Å². The first kappa shape index (κ1) is 45.2. The number of nitriles is 1. The summed E-state index contributed by atoms with van der Waals surface area (Å²) in [5.41, 5.74) is 17.6. The number of hydrogen-bond acceptors (Lipinski definition) is 4. The Bertz CT molecular complexity index is 4100. The van der Waals surface area contributed by atoms with Gasteiger partial charge in [0, 0.05) is 49.4 Å². The molecule has 0 aliphatic heterocycles. The lowest BCUT2D eigenvalue weighted by Gasteiger charge is -2.22. The standard InChI is InChI=1S/C67H54N6/c1-42-22-31-58-52(36-42)56-40-50(67(5,6)7)30-35-62(56)73(58)60-33-28-48(65-70-63(45-16-10-8-11-17-45)69-64(71-65)46-18-12-9-13-19-46)38-54(60)53-37-47(44-25-23-43(41-68)24-26-44)27-32-59(53)72-57-21-15-14-20-51(57)55-39-49(66(2,3)4)29-34-61(55)72/h8-40H,1-7H3. The van der Waals surface area contributed by atoms with Crippen molar-refractivity contribution < 1.29 is 0 Å². The van der Waals surface area contributed by atoms with E-state index in [0.717, 1.165) is 72.4 Å². The molecule has 3 heterocycles. The summed E-state index contributed by atoms with van der Waals surface area (Å²) in [4.78, 5) is 15.6. The fraction of sp³-hybridized carbons (Fsp3) is 0.134. The Morgan fingerprint density at radius 2 is 0.795 bits per heavy atom. The molecule has 0 saturated carbocycles. The second kappa shape index (κ2) is 17.4. The van der Waals surface area contributed by atoms with Crippen LogP contribution in [-0.4, -0.2) is 24.1 Å². The molecule has 9 aromatic carbocycles. The maximum absolute atomic E-state index is 9.82. The van der Waals surface area contributed by atoms with E-state index in [0.29, 0.717) is 23.0 Å². The normalized spacial score (nSPS) is 12.0. The third-order valence-corrected chi connectivity index (χ3v) is 14.4. The molecule has 0 bridgehead atoms. The first-order valence-corrected chi connectivity index (χ1v) is 25.1. The Kier molecular flexibility index (Phi) is 10.8. The van der Waals surface area contributed by atoms with Crippen LogP contribution < -0.4 is 0 Å². The maximum atomic E-state index is 9.82. The Balaban J connectivity index is 1.21. The Hall–Kier alpha value is -8.92. The first-order valence-electron chi connectivity index (χ1n) is 25.1. The molecule has 6 heteroatoms. The summed E-state index contributed by atoms with van der Waals surface area (Å²) in [6, 6.07) is 73.6. The zero-order valence-electron chi connectivity index (χ0n) is 42.2. The number of nitrogens with zero attached hydrogens (tertiary/aromatic N) is 6. The molecular formula is C67H54N6. The van der Waals surface area contributed by atoms with Crippen LogP contribution in [-0.2, 0) is 10.8 Å². The van der Waals surface area contributed by atoms with Crippen LogP contribution >= 0.6 is 0 Å². The van der Waals surface area contributed by atoms with Gasteiger partial charge in [-0.05, 0) is 125 Å². The molecule has 0 unspecified atom stereocenters. The van der Waals surface area contributed by atoms with Crippen molar-refractivity contribution in [2.45, 2.75) is 59.3 Å². The molecule has 0 aliphatic rings. The summed E-state index contributed by atoms with van der Waals surface area (Å²) in [6.45, 7) is 15.9. The molecule has 73 heavy (non-hydrogen) atoms. The summed E-state index contributed by atoms with van der Waals surface area (Å²) in [5, 5.41) is 14.6. The molecule has 3 aromatic heterocycles. The molecule has 0 saturated heterocycles. The highest BCUT2D eigenvalue weighted by atomic mass is 15.0. The second-order valence-corrected chi connectivity index (χ2v) is 21.4. The topological polar surface area (TPSA) is 72.3 Å². The molecule has 12 rings (SSSR count). The van der Waals surface area contributed by atoms with Crippen LogP contribution in [0.3, 0.4) is 0 Å². The summed E-state index contributed by atoms with van der Waals surface area (Å²) in [5.74, 6) is 1.78. The number of aryl methyl sites for hydroxylation is 1. The highest BCUT2D eigenvalue weighted by Gasteiger charge is 2.25. The van der Waals surface area contributed by atoms with Crippen LogP contribution in [0.5, 0.6) is 0 Å². The van der Waals surface area contributed by atoms with Gasteiger partial charge in [0.15, 0.2) is 17.5 Å². The molecule has 0 radical (unpaired) electrons. The third-order valence-electron chi connectivity index (χ3n) is 14.4. The van der Waals surface area contributed by atoms with E-state index in [1.807, 2.05) is 60.7 Å². The van der Waals surface area contributed by atoms with Gasteiger partial charge in [0.1, 0.15) is 0 Å². The number of rotatable bonds is 7. The van der Waals surface area contributed by atoms with Crippen LogP contribution in [0.2, 0.25) is 0 Å². The van der Waals surface area contributed by atoms with Crippen molar-refractivity contribution in [1.29, 1.82) is 5.26 Å². The molecule has 0 N–H and O–H groups in total. The van der Waals surface area contributed by atoms with Gasteiger partial charge in [0.25, 0.3) is 0 Å². The van der Waals surface area contributed by atoms with E-state index in [2.05, 4.69) is 203 Å². The average molecular weight is 943 g/mol. The molecule has 0 fully saturated rings. The van der Waals surface area contributed by atoms with Gasteiger partial charge in [0.05, 0.1) is 45.1 Å². The average Bonchev–Trinajstić information content (AvgIpc) is 3.92. The van der Waals surface area contributed by atoms with Crippen molar-refractivity contribution >= 4 is 43.6 Å². The lowest BCUT2D eigenvalue weighted by molar-refractivity contribution is 0.591. The monoisotopic (exact) mass is 942 g/mol. The number of para-hydroxylation sites is 1. The van der Waals surface area contributed by atoms with E-state index in [1.165, 1.54) is 38.2 Å². The van der Waals surface area contributed by atoms with E-state index in [-0.39, 0.29) is 10.8 Å². The summed E-state index contributed by atoms with van der Waals surface area (Å²) in [6.07, 6.45) is 0. The Morgan fingerprint density at radius 3 is 1.33 bits per heavy atom. The third kappa shape index (κ3) is 8.04. The smallest absolute Gasteiger partial charge is 0.164 e. The van der Waals surface area contributed by atoms with Gasteiger partial charge in [-0.25, -0.2) is 15.0 Å². The first-order chi connectivity index (χ1) is 35.3. The zero-order chi connectivity index (χ0) is 50.2. The maximum Gasteiger partial charge on any atom is 0.164 e. The van der Waals surface area contributed by atoms with Gasteiger partial charge in [-0.3, -0.25) is 0 Å². The molecule has 6 nitrogen and oxygen atoms in total. The number of benzene rings is 9. The van der Waals surface area contributed by atoms with Crippen molar-refractivity contribution in [3.05, 3.63) is 222 Å². The summed E-state index contributed by atoms with van der Waals surface area (Å²) >= 11 is 0. The minimum absolute atomic E-state index is 0.0368. The van der Waals surface area contributed by atoms with Crippen molar-refractivity contribution in [2.75, 3.05) is 0 Å². The largest absolute Gasteiger partial charge is 0.309 e. The van der Waals surface area contributed by atoms with E-state index in [9.17, 15) is 5.26 Å². The second-order valence-electron chi connectivity index (χ2n) is 21.4. The van der Waals surface area contributed by atoms with Gasteiger partial charge < -0.3 is 9.13 Å². The summed E-state index contributed by atoms with van der Waals surface area (Å²) in [7, 11) is 0. The van der Waals surface area contributed by atoms with E-state index in [1.54, 1.807) is 0 Å². The molecule has 12 aromatic rings. The van der Waals surface area contributed by atoms with Crippen molar-refractivity contribution in [3.63, 3.8) is 0 Å². The predicted octanol–water partition coefficient (Wildman–Crippen LogP) is 17.2. The molecule has 0 aliphatic carbocycles. The van der Waals surface area contributed by atoms with Crippen LogP contribution in [0.1, 0.15) is 63.8 Å². The summed E-state index contributed by atoms with van der Waals surface area (Å²) < 4.78 is 4.90. The minimum Gasteiger partial charge on any atom is -0.309 e. The number of hydrogen-bond donors (Lipinski definition) is 0. The Morgan fingerprint density at radius 1 is 0.370 bits per heavy atom. The van der Waals surface area contributed by atoms with E-state index in [4.69, 9.17) is 15.0 Å². The zero-order valence-corrected chi connectivity index (χ0v) is 42.2. The van der Waals surface area contributed by atoms with E-state index < -0.39 is 0 Å². The molecule has 352 valence electrons. The lowest BCUT2D eigenvalue weighted by atomic mass is 9.86.